The molecule has 2 unspecified atom stereocenters. The summed E-state index contributed by atoms with van der Waals surface area (Å²) in [4.78, 5) is 29.8. The Morgan fingerprint density at radius 1 is 1.38 bits per heavy atom. The summed E-state index contributed by atoms with van der Waals surface area (Å²) in [5.41, 5.74) is 4.53. The van der Waals surface area contributed by atoms with Gasteiger partial charge in [0.15, 0.2) is 17.2 Å². The van der Waals surface area contributed by atoms with E-state index in [1.165, 1.54) is 19.1 Å². The number of benzene rings is 1. The number of esters is 1. The van der Waals surface area contributed by atoms with Crippen LogP contribution in [0.15, 0.2) is 41.5 Å². The molecule has 0 spiro atoms. The number of hydrogen-bond acceptors (Lipinski definition) is 12. The molecule has 0 amide bonds. The maximum atomic E-state index is 13.5. The lowest BCUT2D eigenvalue weighted by molar-refractivity contribution is -0.156. The number of nitrogen functional groups attached to an aromatic ring is 1. The molecule has 1 aromatic heterocycles. The summed E-state index contributed by atoms with van der Waals surface area (Å²) in [5, 5.41) is 10.8. The van der Waals surface area contributed by atoms with Crippen molar-refractivity contribution >= 4 is 31.3 Å². The molecule has 0 bridgehead atoms. The molecule has 1 aromatic carbocycles. The highest BCUT2D eigenvalue weighted by Crippen LogP contribution is 2.52. The normalized spacial score (nSPS) is 25.7. The predicted molar refractivity (Wildman–Crippen MR) is 130 cm³/mol. The number of phosphoric ester groups is 1. The van der Waals surface area contributed by atoms with Gasteiger partial charge in [-0.15, -0.1) is 6.42 Å². The zero-order chi connectivity index (χ0) is 27.4. The molecule has 6 atom stereocenters. The summed E-state index contributed by atoms with van der Waals surface area (Å²) in [7, 11) is -4.53. The number of anilines is 1. The third kappa shape index (κ3) is 6.67. The van der Waals surface area contributed by atoms with Gasteiger partial charge in [-0.2, -0.15) is 4.98 Å². The molecule has 2 heterocycles. The molecule has 1 aliphatic heterocycles. The molecule has 13 nitrogen and oxygen atoms in total. The van der Waals surface area contributed by atoms with E-state index in [9.17, 15) is 19.3 Å². The molecule has 0 saturated carbocycles. The van der Waals surface area contributed by atoms with Crippen molar-refractivity contribution in [2.75, 3.05) is 12.3 Å². The fraction of sp³-hybridized carbons (Fsp3) is 0.455. The van der Waals surface area contributed by atoms with Crippen LogP contribution in [0.3, 0.4) is 0 Å². The average Bonchev–Trinajstić information content (AvgIpc) is 3.08. The number of halogens is 1. The van der Waals surface area contributed by atoms with Crippen molar-refractivity contribution in [3.8, 4) is 18.1 Å². The second-order valence-corrected chi connectivity index (χ2v) is 10.3. The Hall–Kier alpha value is -2.98. The molecule has 1 saturated heterocycles. The second-order valence-electron chi connectivity index (χ2n) is 8.17. The van der Waals surface area contributed by atoms with Crippen LogP contribution in [-0.4, -0.2) is 61.5 Å². The first-order valence-corrected chi connectivity index (χ1v) is 12.8. The van der Waals surface area contributed by atoms with Gasteiger partial charge in [-0.25, -0.2) is 19.1 Å². The minimum absolute atomic E-state index is 0.113. The van der Waals surface area contributed by atoms with Gasteiger partial charge < -0.3 is 24.8 Å². The van der Waals surface area contributed by atoms with E-state index in [1.807, 2.05) is 0 Å². The van der Waals surface area contributed by atoms with Gasteiger partial charge >= 0.3 is 19.5 Å². The van der Waals surface area contributed by atoms with Crippen molar-refractivity contribution in [2.45, 2.75) is 56.3 Å². The van der Waals surface area contributed by atoms with Crippen LogP contribution in [0.4, 0.5) is 5.95 Å². The number of aliphatic hydroxyl groups is 1. The number of aromatic nitrogens is 3. The highest BCUT2D eigenvalue weighted by Gasteiger charge is 2.56. The van der Waals surface area contributed by atoms with Crippen LogP contribution < -0.4 is 15.9 Å². The number of carbonyl (C=O) groups is 1. The van der Waals surface area contributed by atoms with Crippen LogP contribution in [0, 0.1) is 12.3 Å². The van der Waals surface area contributed by atoms with Crippen LogP contribution in [-0.2, 0) is 27.9 Å². The lowest BCUT2D eigenvalue weighted by atomic mass is 10.00. The van der Waals surface area contributed by atoms with Gasteiger partial charge in [0.2, 0.25) is 5.95 Å². The number of alkyl halides is 1. The summed E-state index contributed by atoms with van der Waals surface area (Å²) in [6, 6.07) is 7.91. The van der Waals surface area contributed by atoms with Crippen molar-refractivity contribution in [2.24, 2.45) is 0 Å². The first kappa shape index (κ1) is 28.6. The van der Waals surface area contributed by atoms with Crippen LogP contribution in [0.5, 0.6) is 5.75 Å². The van der Waals surface area contributed by atoms with E-state index in [0.717, 1.165) is 10.9 Å². The third-order valence-electron chi connectivity index (χ3n) is 4.99. The van der Waals surface area contributed by atoms with Crippen LogP contribution in [0.25, 0.3) is 0 Å². The van der Waals surface area contributed by atoms with Gasteiger partial charge in [-0.1, -0.05) is 35.7 Å². The number of phosphoric acid groups is 1. The van der Waals surface area contributed by atoms with E-state index >= 15 is 0 Å². The fourth-order valence-electron chi connectivity index (χ4n) is 3.25. The Morgan fingerprint density at radius 3 is 2.65 bits per heavy atom. The number of aliphatic hydroxyl groups excluding tert-OH is 1. The Kier molecular flexibility index (Phi) is 8.96. The van der Waals surface area contributed by atoms with Crippen LogP contribution in [0.1, 0.15) is 27.0 Å². The number of carbonyl (C=O) groups excluding carboxylic acids is 1. The van der Waals surface area contributed by atoms with Crippen molar-refractivity contribution in [1.29, 1.82) is 0 Å². The maximum Gasteiger partial charge on any atom is 0.530 e. The van der Waals surface area contributed by atoms with Gasteiger partial charge in [0.1, 0.15) is 24.3 Å². The Morgan fingerprint density at radius 2 is 2.05 bits per heavy atom. The van der Waals surface area contributed by atoms with Gasteiger partial charge in [0.05, 0.1) is 12.7 Å². The molecule has 2 aromatic rings. The maximum absolute atomic E-state index is 13.5. The molecule has 1 fully saturated rings. The number of ether oxygens (including phenoxy) is 2. The summed E-state index contributed by atoms with van der Waals surface area (Å²) in [6.07, 6.45) is 0.382. The first-order chi connectivity index (χ1) is 17.4. The van der Waals surface area contributed by atoms with Crippen molar-refractivity contribution in [3.05, 3.63) is 47.1 Å². The Labute approximate surface area is 217 Å². The Bertz CT molecular complexity index is 1250. The topological polar surface area (TPSA) is 174 Å². The molecule has 0 radical (unpaired) electrons. The largest absolute Gasteiger partial charge is 0.530 e. The van der Waals surface area contributed by atoms with Crippen molar-refractivity contribution in [3.63, 3.8) is 0 Å². The number of rotatable bonds is 10. The molecule has 3 rings (SSSR count). The molecule has 37 heavy (non-hydrogen) atoms. The molecular formula is C22H26ClN4O9P. The number of nitrogens with zero attached hydrogens (tertiary/aromatic N) is 3. The fourth-order valence-corrected chi connectivity index (χ4v) is 4.88. The average molecular weight is 557 g/mol. The van der Waals surface area contributed by atoms with Gasteiger partial charge in [-0.3, -0.25) is 13.6 Å². The quantitative estimate of drug-likeness (QED) is 0.188. The summed E-state index contributed by atoms with van der Waals surface area (Å²) < 4.78 is 41.4. The number of para-hydroxylation sites is 1. The molecule has 1 aliphatic rings. The molecule has 15 heteroatoms. The summed E-state index contributed by atoms with van der Waals surface area (Å²) in [6.45, 7) is 3.95. The van der Waals surface area contributed by atoms with Crippen molar-refractivity contribution < 1.29 is 37.5 Å². The van der Waals surface area contributed by atoms with Crippen LogP contribution in [0.2, 0.25) is 0 Å². The zero-order valence-electron chi connectivity index (χ0n) is 20.1. The SMILES string of the molecule is C#CC1(Cl)[C@@H](O)[C@@H](COP(=O)(Oc2ccccc2)O[C@@H](C)C(=O)OC(C)C)O[C@H]1n1cnc(N)nc1=O. The van der Waals surface area contributed by atoms with Crippen molar-refractivity contribution in [1.82, 2.24) is 14.5 Å². The molecule has 0 aliphatic carbocycles. The summed E-state index contributed by atoms with van der Waals surface area (Å²) in [5.74, 6) is 1.23. The monoisotopic (exact) mass is 556 g/mol. The van der Waals surface area contributed by atoms with Gasteiger partial charge in [0.25, 0.3) is 0 Å². The van der Waals surface area contributed by atoms with E-state index in [-0.39, 0.29) is 11.7 Å². The smallest absolute Gasteiger partial charge is 0.461 e. The third-order valence-corrected chi connectivity index (χ3v) is 6.99. The minimum Gasteiger partial charge on any atom is -0.461 e. The number of hydrogen-bond donors (Lipinski definition) is 2. The second kappa shape index (κ2) is 11.6. The lowest BCUT2D eigenvalue weighted by Gasteiger charge is -2.25. The molecule has 200 valence electrons. The Balaban J connectivity index is 1.83. The first-order valence-electron chi connectivity index (χ1n) is 11.0. The van der Waals surface area contributed by atoms with Gasteiger partial charge in [0, 0.05) is 0 Å². The predicted octanol–water partition coefficient (Wildman–Crippen LogP) is 1.65. The zero-order valence-corrected chi connectivity index (χ0v) is 21.7. The lowest BCUT2D eigenvalue weighted by Crippen LogP contribution is -2.43. The van der Waals surface area contributed by atoms with E-state index in [4.69, 9.17) is 46.8 Å². The van der Waals surface area contributed by atoms with E-state index in [1.54, 1.807) is 32.0 Å². The van der Waals surface area contributed by atoms with Crippen LogP contribution >= 0.6 is 19.4 Å². The van der Waals surface area contributed by atoms with Gasteiger partial charge in [-0.05, 0) is 32.9 Å². The highest BCUT2D eigenvalue weighted by molar-refractivity contribution is 7.49. The highest BCUT2D eigenvalue weighted by atomic mass is 35.5. The molecular weight excluding hydrogens is 531 g/mol. The molecule has 3 N–H and O–H groups in total. The van der Waals surface area contributed by atoms with E-state index in [2.05, 4.69) is 15.9 Å². The summed E-state index contributed by atoms with van der Waals surface area (Å²) >= 11 is 6.46. The standard InChI is InChI=1S/C22H26ClN4O9P/c1-5-22(23)17(28)16(34-19(22)27-12-25-20(24)26-21(27)30)11-32-37(31,36-15-9-7-6-8-10-15)35-14(4)18(29)33-13(2)3/h1,6-10,12-14,16-17,19,28H,11H2,2-4H3,(H2,24,26,30)/t14-,16+,17-,19+,22?,37?/m0/s1. The number of nitrogens with two attached hydrogens (primary N) is 1. The van der Waals surface area contributed by atoms with E-state index in [0.29, 0.717) is 0 Å². The number of terminal acetylenes is 1. The van der Waals surface area contributed by atoms with E-state index < -0.39 is 61.6 Å². The minimum atomic E-state index is -4.53.